The van der Waals surface area contributed by atoms with Crippen molar-refractivity contribution in [2.24, 2.45) is 7.05 Å². The van der Waals surface area contributed by atoms with Crippen LogP contribution in [0, 0.1) is 5.82 Å². The first-order valence-electron chi connectivity index (χ1n) is 11.6. The molecule has 1 aliphatic heterocycles. The number of H-pyrrole nitrogens is 1. The molecule has 5 aromatic rings. The van der Waals surface area contributed by atoms with Crippen LogP contribution in [0.1, 0.15) is 32.9 Å². The van der Waals surface area contributed by atoms with E-state index in [0.29, 0.717) is 45.9 Å². The van der Waals surface area contributed by atoms with Gasteiger partial charge in [0.05, 0.1) is 28.9 Å². The molecule has 0 saturated heterocycles. The van der Waals surface area contributed by atoms with Gasteiger partial charge in [0.1, 0.15) is 5.82 Å². The lowest BCUT2D eigenvalue weighted by molar-refractivity contribution is 0.0745. The zero-order valence-corrected chi connectivity index (χ0v) is 19.8. The Balaban J connectivity index is 1.22. The van der Waals surface area contributed by atoms with Crippen molar-refractivity contribution < 1.29 is 9.18 Å². The molecule has 2 N–H and O–H groups in total. The normalized spacial score (nSPS) is 12.6. The number of aromatic nitrogens is 6. The highest BCUT2D eigenvalue weighted by atomic mass is 19.1. The highest BCUT2D eigenvalue weighted by molar-refractivity contribution is 5.95. The summed E-state index contributed by atoms with van der Waals surface area (Å²) in [7, 11) is 1.81. The summed E-state index contributed by atoms with van der Waals surface area (Å²) in [6.45, 7) is 0.525. The van der Waals surface area contributed by atoms with E-state index in [-0.39, 0.29) is 24.2 Å². The molecule has 6 rings (SSSR count). The molecule has 2 aromatic carbocycles. The fourth-order valence-corrected chi connectivity index (χ4v) is 4.47. The summed E-state index contributed by atoms with van der Waals surface area (Å²) in [6, 6.07) is 13.4. The number of nitrogens with zero attached hydrogens (tertiary/aromatic N) is 6. The van der Waals surface area contributed by atoms with Gasteiger partial charge in [-0.1, -0.05) is 24.3 Å². The lowest BCUT2D eigenvalue weighted by atomic mass is 10.0. The van der Waals surface area contributed by atoms with E-state index in [0.717, 1.165) is 5.56 Å². The predicted octanol–water partition coefficient (Wildman–Crippen LogP) is 3.08. The summed E-state index contributed by atoms with van der Waals surface area (Å²) >= 11 is 0. The third kappa shape index (κ3) is 4.31. The van der Waals surface area contributed by atoms with Gasteiger partial charge in [0, 0.05) is 49.4 Å². The van der Waals surface area contributed by atoms with Crippen molar-refractivity contribution in [3.05, 3.63) is 105 Å². The van der Waals surface area contributed by atoms with Crippen LogP contribution in [0.2, 0.25) is 0 Å². The zero-order chi connectivity index (χ0) is 25.5. The van der Waals surface area contributed by atoms with Crippen molar-refractivity contribution >= 4 is 28.4 Å². The number of anilines is 2. The van der Waals surface area contributed by atoms with Gasteiger partial charge in [0.15, 0.2) is 5.82 Å². The van der Waals surface area contributed by atoms with E-state index in [4.69, 9.17) is 0 Å². The molecule has 1 amide bonds. The van der Waals surface area contributed by atoms with Gasteiger partial charge < -0.3 is 10.2 Å². The molecule has 0 bridgehead atoms. The van der Waals surface area contributed by atoms with Gasteiger partial charge in [0.25, 0.3) is 11.5 Å². The maximum atomic E-state index is 14.8. The smallest absolute Gasteiger partial charge is 0.272 e. The maximum absolute atomic E-state index is 14.8. The van der Waals surface area contributed by atoms with Crippen LogP contribution in [-0.2, 0) is 26.6 Å². The van der Waals surface area contributed by atoms with Crippen LogP contribution >= 0.6 is 0 Å². The molecule has 3 aromatic heterocycles. The second-order valence-corrected chi connectivity index (χ2v) is 8.86. The molecule has 0 atom stereocenters. The first-order valence-corrected chi connectivity index (χ1v) is 11.6. The topological polar surface area (TPSA) is 122 Å². The number of carbonyl (C=O) groups excluding carboxylic acids is 1. The second kappa shape index (κ2) is 8.94. The number of benzene rings is 2. The number of amides is 1. The summed E-state index contributed by atoms with van der Waals surface area (Å²) < 4.78 is 16.5. The van der Waals surface area contributed by atoms with Gasteiger partial charge in [-0.3, -0.25) is 14.3 Å². The lowest BCUT2D eigenvalue weighted by Crippen LogP contribution is -2.26. The van der Waals surface area contributed by atoms with Gasteiger partial charge in [-0.25, -0.2) is 19.5 Å². The third-order valence-corrected chi connectivity index (χ3v) is 6.30. The Labute approximate surface area is 209 Å². The Hall–Kier alpha value is -4.93. The molecule has 0 spiro atoms. The van der Waals surface area contributed by atoms with Gasteiger partial charge in [0.2, 0.25) is 5.95 Å². The van der Waals surface area contributed by atoms with Crippen molar-refractivity contribution in [2.75, 3.05) is 5.32 Å². The molecule has 0 fully saturated rings. The number of fused-ring (bicyclic) bond motifs is 2. The average molecular weight is 497 g/mol. The number of halogens is 1. The number of carbonyl (C=O) groups is 1. The number of hydrogen-bond acceptors (Lipinski definition) is 7. The molecule has 4 heterocycles. The lowest BCUT2D eigenvalue weighted by Gasteiger charge is -2.16. The molecule has 0 saturated carbocycles. The minimum absolute atomic E-state index is 0.0289. The molecule has 0 unspecified atom stereocenters. The maximum Gasteiger partial charge on any atom is 0.272 e. The van der Waals surface area contributed by atoms with E-state index >= 15 is 0 Å². The molecular formula is C26H21FN8O2. The molecule has 37 heavy (non-hydrogen) atoms. The average Bonchev–Trinajstić information content (AvgIpc) is 3.52. The fourth-order valence-electron chi connectivity index (χ4n) is 4.47. The van der Waals surface area contributed by atoms with Crippen molar-refractivity contribution in [3.63, 3.8) is 0 Å². The first kappa shape index (κ1) is 22.5. The Kier molecular flexibility index (Phi) is 5.44. The molecule has 11 heteroatoms. The quantitative estimate of drug-likeness (QED) is 0.384. The Morgan fingerprint density at radius 2 is 1.97 bits per heavy atom. The number of rotatable bonds is 5. The third-order valence-electron chi connectivity index (χ3n) is 6.30. The van der Waals surface area contributed by atoms with Crippen molar-refractivity contribution in [1.29, 1.82) is 0 Å². The molecule has 184 valence electrons. The highest BCUT2D eigenvalue weighted by Crippen LogP contribution is 2.26. The standard InChI is InChI=1S/C26H21FN8O2/c1-34-9-8-23(33-34)30-26-28-12-16-13-35(14-22(16)29-26)25(37)19-10-15(6-7-20(19)27)11-21-17-4-2-3-5-18(17)24(36)32-31-21/h2-10,12H,11,13-14H2,1H3,(H,32,36)(H,28,29,30,33). The van der Waals surface area contributed by atoms with E-state index in [9.17, 15) is 14.0 Å². The van der Waals surface area contributed by atoms with Crippen LogP contribution in [-0.4, -0.2) is 40.8 Å². The van der Waals surface area contributed by atoms with E-state index < -0.39 is 11.7 Å². The largest absolute Gasteiger partial charge is 0.328 e. The van der Waals surface area contributed by atoms with Crippen molar-refractivity contribution in [3.8, 4) is 0 Å². The van der Waals surface area contributed by atoms with Gasteiger partial charge in [-0.15, -0.1) is 0 Å². The molecule has 10 nitrogen and oxygen atoms in total. The predicted molar refractivity (Wildman–Crippen MR) is 134 cm³/mol. The first-order chi connectivity index (χ1) is 17.9. The van der Waals surface area contributed by atoms with E-state index in [1.807, 2.05) is 19.2 Å². The van der Waals surface area contributed by atoms with E-state index in [2.05, 4.69) is 30.6 Å². The SMILES string of the molecule is Cn1ccc(Nc2ncc3c(n2)CN(C(=O)c2cc(Cc4n[nH]c(=O)c5ccccc45)ccc2F)C3)n1. The number of hydrogen-bond donors (Lipinski definition) is 2. The van der Waals surface area contributed by atoms with Crippen LogP contribution in [0.3, 0.4) is 0 Å². The van der Waals surface area contributed by atoms with Crippen LogP contribution in [0.15, 0.2) is 65.7 Å². The summed E-state index contributed by atoms with van der Waals surface area (Å²) in [5.74, 6) is -0.0546. The van der Waals surface area contributed by atoms with Gasteiger partial charge in [-0.2, -0.15) is 10.2 Å². The molecule has 1 aliphatic rings. The summed E-state index contributed by atoms with van der Waals surface area (Å²) in [5, 5.41) is 15.2. The Morgan fingerprint density at radius 1 is 1.14 bits per heavy atom. The summed E-state index contributed by atoms with van der Waals surface area (Å²) in [5.41, 5.74) is 2.54. The summed E-state index contributed by atoms with van der Waals surface area (Å²) in [6.07, 6.45) is 3.79. The molecule has 0 radical (unpaired) electrons. The molecule has 0 aliphatic carbocycles. The minimum atomic E-state index is -0.604. The van der Waals surface area contributed by atoms with Gasteiger partial charge in [-0.05, 0) is 23.8 Å². The number of aromatic amines is 1. The van der Waals surface area contributed by atoms with Crippen LogP contribution in [0.25, 0.3) is 10.8 Å². The Bertz CT molecular complexity index is 1730. The van der Waals surface area contributed by atoms with Crippen LogP contribution in [0.5, 0.6) is 0 Å². The minimum Gasteiger partial charge on any atom is -0.328 e. The zero-order valence-electron chi connectivity index (χ0n) is 19.8. The Morgan fingerprint density at radius 3 is 2.78 bits per heavy atom. The summed E-state index contributed by atoms with van der Waals surface area (Å²) in [4.78, 5) is 35.8. The van der Waals surface area contributed by atoms with Crippen LogP contribution in [0.4, 0.5) is 16.2 Å². The highest BCUT2D eigenvalue weighted by Gasteiger charge is 2.28. The van der Waals surface area contributed by atoms with Crippen LogP contribution < -0.4 is 10.9 Å². The number of nitrogens with one attached hydrogen (secondary N) is 2. The molecular weight excluding hydrogens is 475 g/mol. The van der Waals surface area contributed by atoms with Crippen molar-refractivity contribution in [1.82, 2.24) is 34.8 Å². The fraction of sp³-hybridized carbons (Fsp3) is 0.154. The number of aryl methyl sites for hydroxylation is 1. The van der Waals surface area contributed by atoms with Gasteiger partial charge >= 0.3 is 0 Å². The van der Waals surface area contributed by atoms with E-state index in [1.54, 1.807) is 52.3 Å². The monoisotopic (exact) mass is 496 g/mol. The second-order valence-electron chi connectivity index (χ2n) is 8.86. The van der Waals surface area contributed by atoms with Crippen molar-refractivity contribution in [2.45, 2.75) is 19.5 Å². The van der Waals surface area contributed by atoms with E-state index in [1.165, 1.54) is 6.07 Å².